The van der Waals surface area contributed by atoms with E-state index in [9.17, 15) is 48.3 Å². The number of amides is 6. The third-order valence-electron chi connectivity index (χ3n) is 15.3. The molecule has 87 heavy (non-hydrogen) atoms. The first-order valence-corrected chi connectivity index (χ1v) is 29.6. The van der Waals surface area contributed by atoms with Gasteiger partial charge in [-0.1, -0.05) is 87.0 Å². The van der Waals surface area contributed by atoms with Crippen LogP contribution in [-0.2, 0) is 70.2 Å². The predicted molar refractivity (Wildman–Crippen MR) is 327 cm³/mol. The second-order valence-corrected chi connectivity index (χ2v) is 23.5. The summed E-state index contributed by atoms with van der Waals surface area (Å²) in [5.74, 6) is -5.67. The molecule has 0 bridgehead atoms. The van der Waals surface area contributed by atoms with Gasteiger partial charge >= 0.3 is 11.9 Å². The van der Waals surface area contributed by atoms with E-state index in [-0.39, 0.29) is 75.1 Å². The molecule has 0 aliphatic carbocycles. The number of rotatable bonds is 31. The van der Waals surface area contributed by atoms with Crippen LogP contribution in [0.4, 0.5) is 0 Å². The monoisotopic (exact) mass is 1200 g/mol. The molecule has 5 rings (SSSR count). The van der Waals surface area contributed by atoms with E-state index in [2.05, 4.69) is 17.2 Å². The van der Waals surface area contributed by atoms with Crippen molar-refractivity contribution < 1.29 is 71.9 Å². The number of hydrogen-bond acceptors (Lipinski definition) is 15. The number of carbonyl (C=O) groups is 9. The first-order chi connectivity index (χ1) is 41.2. The number of benzene rings is 4. The summed E-state index contributed by atoms with van der Waals surface area (Å²) in [6, 6.07) is 20.2. The van der Waals surface area contributed by atoms with Crippen LogP contribution in [0.3, 0.4) is 0 Å². The molecule has 0 radical (unpaired) electrons. The fraction of sp³-hybridized carbons (Fsp3) is 0.500. The number of phenolic OH excluding ortho intramolecular Hbond substituents is 1. The van der Waals surface area contributed by atoms with Gasteiger partial charge in [0.05, 0.1) is 31.3 Å². The topological polar surface area (TPSA) is 257 Å². The zero-order valence-electron chi connectivity index (χ0n) is 52.3. The Morgan fingerprint density at radius 1 is 0.805 bits per heavy atom. The van der Waals surface area contributed by atoms with Crippen LogP contribution >= 0.6 is 0 Å². The molecule has 0 aromatic heterocycles. The third-order valence-corrected chi connectivity index (χ3v) is 15.3. The number of phenols is 1. The number of unbranched alkanes of at least 4 members (excludes halogenated alkanes) is 1. The molecule has 4 aromatic carbocycles. The van der Waals surface area contributed by atoms with Crippen molar-refractivity contribution in [1.29, 1.82) is 0 Å². The molecule has 0 spiro atoms. The zero-order chi connectivity index (χ0) is 64.2. The number of aryl methyl sites for hydroxylation is 1. The van der Waals surface area contributed by atoms with Crippen LogP contribution in [0, 0.1) is 5.41 Å². The van der Waals surface area contributed by atoms with Crippen LogP contribution in [0.25, 0.3) is 10.8 Å². The molecule has 1 heterocycles. The SMILES string of the molecule is C=CC(=O)OCC(C)(C)C(=O)C(=O)N1CCCC[C@H]1C(=O)O[C@H](CCc1ccc(OC)c(O)c1)c1cccc(OCC(=O)N(C)[C@@H](CCCC)C(=O)N[C@@H](Cc2ccc3ccccc3c2)C(=O)N(C)[C@@H](COC(C)(C)C)C(=O)NCC(=O)N(C)CC)c1. The fourth-order valence-corrected chi connectivity index (χ4v) is 9.79. The smallest absolute Gasteiger partial charge is 0.330 e. The van der Waals surface area contributed by atoms with Gasteiger partial charge in [-0.3, -0.25) is 33.6 Å². The Hall–Kier alpha value is -8.33. The van der Waals surface area contributed by atoms with E-state index < -0.39 is 95.2 Å². The van der Waals surface area contributed by atoms with Crippen molar-refractivity contribution in [1.82, 2.24) is 30.2 Å². The van der Waals surface area contributed by atoms with Gasteiger partial charge in [-0.2, -0.15) is 0 Å². The van der Waals surface area contributed by atoms with Crippen LogP contribution in [-0.4, -0.2) is 175 Å². The quantitative estimate of drug-likeness (QED) is 0.0265. The molecule has 5 atom stereocenters. The van der Waals surface area contributed by atoms with Crippen molar-refractivity contribution >= 4 is 63.9 Å². The molecule has 0 unspecified atom stereocenters. The molecule has 1 aliphatic heterocycles. The molecule has 1 saturated heterocycles. The number of likely N-dealkylation sites (tertiary alicyclic amines) is 1. The molecular weight excluding hydrogens is 1120 g/mol. The highest BCUT2D eigenvalue weighted by Crippen LogP contribution is 2.33. The molecular formula is C66H88N6O15. The highest BCUT2D eigenvalue weighted by molar-refractivity contribution is 6.38. The van der Waals surface area contributed by atoms with E-state index in [1.165, 1.54) is 60.7 Å². The molecule has 1 aliphatic rings. The number of nitrogens with one attached hydrogen (secondary N) is 2. The Labute approximate surface area is 511 Å². The second kappa shape index (κ2) is 32.4. The number of piperidine rings is 1. The number of aromatic hydroxyl groups is 1. The van der Waals surface area contributed by atoms with Crippen molar-refractivity contribution in [3.63, 3.8) is 0 Å². The maximum atomic E-state index is 14.9. The van der Waals surface area contributed by atoms with E-state index >= 15 is 0 Å². The third kappa shape index (κ3) is 20.1. The molecule has 0 saturated carbocycles. The minimum atomic E-state index is -1.42. The van der Waals surface area contributed by atoms with E-state index in [1.807, 2.05) is 70.2 Å². The van der Waals surface area contributed by atoms with Gasteiger partial charge in [0.1, 0.15) is 42.6 Å². The van der Waals surface area contributed by atoms with Crippen molar-refractivity contribution in [2.45, 2.75) is 142 Å². The van der Waals surface area contributed by atoms with Gasteiger partial charge in [-0.25, -0.2) is 9.59 Å². The molecule has 21 heteroatoms. The number of nitrogens with zero attached hydrogens (tertiary/aromatic N) is 4. The average molecular weight is 1210 g/mol. The number of ether oxygens (including phenoxy) is 5. The van der Waals surface area contributed by atoms with Gasteiger partial charge in [0, 0.05) is 46.7 Å². The number of carbonyl (C=O) groups excluding carboxylic acids is 9. The van der Waals surface area contributed by atoms with E-state index in [0.717, 1.165) is 16.8 Å². The van der Waals surface area contributed by atoms with E-state index in [0.29, 0.717) is 55.3 Å². The lowest BCUT2D eigenvalue weighted by Crippen LogP contribution is -2.59. The molecule has 472 valence electrons. The van der Waals surface area contributed by atoms with Crippen LogP contribution < -0.4 is 20.1 Å². The van der Waals surface area contributed by atoms with Crippen molar-refractivity contribution in [2.75, 3.05) is 67.7 Å². The average Bonchev–Trinajstić information content (AvgIpc) is 2.71. The van der Waals surface area contributed by atoms with Gasteiger partial charge in [0.25, 0.3) is 11.8 Å². The van der Waals surface area contributed by atoms with E-state index in [4.69, 9.17) is 23.7 Å². The molecule has 21 nitrogen and oxygen atoms in total. The predicted octanol–water partition coefficient (Wildman–Crippen LogP) is 6.84. The Morgan fingerprint density at radius 3 is 2.18 bits per heavy atom. The lowest BCUT2D eigenvalue weighted by molar-refractivity contribution is -0.165. The van der Waals surface area contributed by atoms with Crippen LogP contribution in [0.2, 0.25) is 0 Å². The Balaban J connectivity index is 1.40. The Morgan fingerprint density at radius 2 is 1.52 bits per heavy atom. The normalized spacial score (nSPS) is 14.7. The summed E-state index contributed by atoms with van der Waals surface area (Å²) >= 11 is 0. The maximum absolute atomic E-state index is 14.9. The number of methoxy groups -OCH3 is 1. The van der Waals surface area contributed by atoms with Crippen molar-refractivity contribution in [3.8, 4) is 17.2 Å². The summed E-state index contributed by atoms with van der Waals surface area (Å²) in [4.78, 5) is 130. The molecule has 6 amide bonds. The van der Waals surface area contributed by atoms with Gasteiger partial charge in [-0.05, 0) is 132 Å². The van der Waals surface area contributed by atoms with E-state index in [1.54, 1.807) is 50.4 Å². The summed E-state index contributed by atoms with van der Waals surface area (Å²) < 4.78 is 28.8. The van der Waals surface area contributed by atoms with Crippen LogP contribution in [0.15, 0.2) is 97.6 Å². The number of fused-ring (bicyclic) bond motifs is 1. The number of Topliss-reactive ketones (excluding diaryl/α,β-unsaturated/α-hetero) is 1. The number of likely N-dealkylation sites (N-methyl/N-ethyl adjacent to an activating group) is 3. The van der Waals surface area contributed by atoms with Crippen LogP contribution in [0.5, 0.6) is 17.2 Å². The van der Waals surface area contributed by atoms with Crippen LogP contribution in [0.1, 0.15) is 116 Å². The molecule has 1 fully saturated rings. The Bertz CT molecular complexity index is 3080. The first kappa shape index (κ1) is 69.4. The molecule has 3 N–H and O–H groups in total. The number of hydrogen-bond donors (Lipinski definition) is 3. The largest absolute Gasteiger partial charge is 0.504 e. The minimum Gasteiger partial charge on any atom is -0.504 e. The van der Waals surface area contributed by atoms with Gasteiger partial charge in [-0.15, -0.1) is 0 Å². The maximum Gasteiger partial charge on any atom is 0.330 e. The lowest BCUT2D eigenvalue weighted by atomic mass is 9.87. The van der Waals surface area contributed by atoms with Gasteiger partial charge < -0.3 is 59.0 Å². The minimum absolute atomic E-state index is 0.0101. The van der Waals surface area contributed by atoms with Crippen molar-refractivity contribution in [2.24, 2.45) is 5.41 Å². The Kier molecular flexibility index (Phi) is 25.9. The zero-order valence-corrected chi connectivity index (χ0v) is 52.3. The fourth-order valence-electron chi connectivity index (χ4n) is 9.79. The standard InChI is InChI=1S/C66H88N6O15/c1-13-16-26-50(61(79)68-49(36-44-28-31-45-22-17-18-23-46(45)35-44)62(80)71(11)52(40-86-65(4,5)6)60(78)67-39-56(74)69(9)15-3)70(10)57(75)41-84-48-25-21-24-47(38-48)54(32-29-43-30-33-55(83-12)53(73)37-43)87-64(82)51-27-19-20-34-72(51)63(81)59(77)66(7,8)42-85-58(76)14-2/h14,17-18,21-25,28,30-31,33,35,37-38,49-52,54,73H,2,13,15-16,19-20,26-27,29,32,34,36,39-42H2,1,3-12H3,(H,67,78)(H,68,79)/t49-,50-,51-,52-,54+/m0/s1. The van der Waals surface area contributed by atoms with Gasteiger partial charge in [0.2, 0.25) is 29.4 Å². The summed E-state index contributed by atoms with van der Waals surface area (Å²) in [5.41, 5.74) is -0.264. The highest BCUT2D eigenvalue weighted by Gasteiger charge is 2.43. The van der Waals surface area contributed by atoms with Gasteiger partial charge in [0.15, 0.2) is 18.1 Å². The summed E-state index contributed by atoms with van der Waals surface area (Å²) in [6.45, 7) is 14.5. The van der Waals surface area contributed by atoms with Crippen molar-refractivity contribution in [3.05, 3.63) is 114 Å². The summed E-state index contributed by atoms with van der Waals surface area (Å²) in [7, 11) is 5.97. The summed E-state index contributed by atoms with van der Waals surface area (Å²) in [6.07, 6.45) is 3.18. The highest BCUT2D eigenvalue weighted by atomic mass is 16.5. The molecule has 4 aromatic rings. The lowest BCUT2D eigenvalue weighted by Gasteiger charge is -2.36. The second-order valence-electron chi connectivity index (χ2n) is 23.5. The first-order valence-electron chi connectivity index (χ1n) is 29.6. The summed E-state index contributed by atoms with van der Waals surface area (Å²) in [5, 5.41) is 18.1. The number of esters is 2. The number of ketones is 1.